The van der Waals surface area contributed by atoms with Crippen molar-refractivity contribution in [2.75, 3.05) is 13.6 Å². The van der Waals surface area contributed by atoms with Crippen LogP contribution in [0.5, 0.6) is 0 Å². The third kappa shape index (κ3) is 3.13. The van der Waals surface area contributed by atoms with Crippen LogP contribution in [0.3, 0.4) is 0 Å². The van der Waals surface area contributed by atoms with Gasteiger partial charge in [-0.25, -0.2) is 4.39 Å². The van der Waals surface area contributed by atoms with Gasteiger partial charge in [-0.15, -0.1) is 0 Å². The van der Waals surface area contributed by atoms with E-state index in [0.29, 0.717) is 12.1 Å². The second-order valence-corrected chi connectivity index (χ2v) is 3.54. The summed E-state index contributed by atoms with van der Waals surface area (Å²) in [4.78, 5) is 11.9. The molecule has 1 unspecified atom stereocenters. The second-order valence-electron chi connectivity index (χ2n) is 3.54. The first-order valence-electron chi connectivity index (χ1n) is 5.13. The Labute approximate surface area is 89.5 Å². The van der Waals surface area contributed by atoms with Gasteiger partial charge in [-0.3, -0.25) is 4.79 Å². The summed E-state index contributed by atoms with van der Waals surface area (Å²) >= 11 is 0. The summed E-state index contributed by atoms with van der Waals surface area (Å²) in [5.74, 6) is -0.427. The molecule has 0 radical (unpaired) electrons. The summed E-state index contributed by atoms with van der Waals surface area (Å²) in [6, 6.07) is 5.86. The third-order valence-electron chi connectivity index (χ3n) is 2.42. The predicted octanol–water partition coefficient (Wildman–Crippen LogP) is 2.25. The number of benzene rings is 1. The van der Waals surface area contributed by atoms with Gasteiger partial charge in [0.2, 0.25) is 0 Å². The zero-order valence-corrected chi connectivity index (χ0v) is 9.09. The summed E-state index contributed by atoms with van der Waals surface area (Å²) in [5.41, 5.74) is 0.456. The van der Waals surface area contributed by atoms with E-state index < -0.39 is 0 Å². The lowest BCUT2D eigenvalue weighted by Crippen LogP contribution is -2.25. The molecule has 1 N–H and O–H groups in total. The Kier molecular flexibility index (Phi) is 4.43. The molecule has 2 nitrogen and oxygen atoms in total. The smallest absolute Gasteiger partial charge is 0.167 e. The van der Waals surface area contributed by atoms with E-state index in [9.17, 15) is 9.18 Å². The van der Waals surface area contributed by atoms with E-state index in [0.717, 1.165) is 6.42 Å². The van der Waals surface area contributed by atoms with Crippen LogP contribution in [0.15, 0.2) is 24.3 Å². The standard InChI is InChI=1S/C12H16FNO/c1-3-9(8-14-2)12(15)10-5-4-6-11(13)7-10/h4-7,9,14H,3,8H2,1-2H3. The predicted molar refractivity (Wildman–Crippen MR) is 58.4 cm³/mol. The zero-order valence-electron chi connectivity index (χ0n) is 9.09. The first kappa shape index (κ1) is 11.9. The molecule has 0 saturated carbocycles. The van der Waals surface area contributed by atoms with E-state index in [1.807, 2.05) is 14.0 Å². The molecule has 0 amide bonds. The molecule has 0 spiro atoms. The Bertz CT molecular complexity index is 338. The first-order chi connectivity index (χ1) is 7.19. The molecule has 0 saturated heterocycles. The molecule has 15 heavy (non-hydrogen) atoms. The van der Waals surface area contributed by atoms with Crippen LogP contribution >= 0.6 is 0 Å². The maximum absolute atomic E-state index is 12.9. The zero-order chi connectivity index (χ0) is 11.3. The van der Waals surface area contributed by atoms with Gasteiger partial charge >= 0.3 is 0 Å². The van der Waals surface area contributed by atoms with Crippen LogP contribution in [0.1, 0.15) is 23.7 Å². The minimum atomic E-state index is -0.361. The number of ketones is 1. The van der Waals surface area contributed by atoms with Crippen molar-refractivity contribution < 1.29 is 9.18 Å². The van der Waals surface area contributed by atoms with Crippen molar-refractivity contribution in [1.29, 1.82) is 0 Å². The molecule has 0 bridgehead atoms. The maximum Gasteiger partial charge on any atom is 0.167 e. The second kappa shape index (κ2) is 5.61. The van der Waals surface area contributed by atoms with Crippen molar-refractivity contribution >= 4 is 5.78 Å². The molecule has 1 aromatic rings. The topological polar surface area (TPSA) is 29.1 Å². The normalized spacial score (nSPS) is 12.5. The molecule has 82 valence electrons. The molecule has 0 aliphatic carbocycles. The van der Waals surface area contributed by atoms with Crippen molar-refractivity contribution in [1.82, 2.24) is 5.32 Å². The number of carbonyl (C=O) groups is 1. The van der Waals surface area contributed by atoms with Gasteiger partial charge < -0.3 is 5.32 Å². The monoisotopic (exact) mass is 209 g/mol. The van der Waals surface area contributed by atoms with Gasteiger partial charge in [0.15, 0.2) is 5.78 Å². The molecule has 0 heterocycles. The van der Waals surface area contributed by atoms with Crippen LogP contribution in [0.2, 0.25) is 0 Å². The summed E-state index contributed by atoms with van der Waals surface area (Å²) in [6.45, 7) is 2.59. The van der Waals surface area contributed by atoms with Crippen LogP contribution in [0.25, 0.3) is 0 Å². The van der Waals surface area contributed by atoms with E-state index in [4.69, 9.17) is 0 Å². The van der Waals surface area contributed by atoms with Crippen LogP contribution in [-0.4, -0.2) is 19.4 Å². The van der Waals surface area contributed by atoms with Crippen LogP contribution < -0.4 is 5.32 Å². The van der Waals surface area contributed by atoms with Crippen molar-refractivity contribution in [2.45, 2.75) is 13.3 Å². The summed E-state index contributed by atoms with van der Waals surface area (Å²) in [5, 5.41) is 2.97. The van der Waals surface area contributed by atoms with Gasteiger partial charge in [0, 0.05) is 18.0 Å². The molecule has 0 aliphatic rings. The lowest BCUT2D eigenvalue weighted by atomic mass is 9.95. The van der Waals surface area contributed by atoms with Crippen molar-refractivity contribution in [3.63, 3.8) is 0 Å². The number of carbonyl (C=O) groups excluding carboxylic acids is 1. The Morgan fingerprint density at radius 1 is 1.53 bits per heavy atom. The summed E-state index contributed by atoms with van der Waals surface area (Å²) in [6.07, 6.45) is 0.760. The lowest BCUT2D eigenvalue weighted by molar-refractivity contribution is 0.0916. The van der Waals surface area contributed by atoms with E-state index in [1.165, 1.54) is 12.1 Å². The van der Waals surface area contributed by atoms with E-state index >= 15 is 0 Å². The molecule has 1 aromatic carbocycles. The fraction of sp³-hybridized carbons (Fsp3) is 0.417. The number of nitrogens with one attached hydrogen (secondary N) is 1. The summed E-state index contributed by atoms with van der Waals surface area (Å²) < 4.78 is 12.9. The van der Waals surface area contributed by atoms with Gasteiger partial charge in [0.1, 0.15) is 5.82 Å². The Balaban J connectivity index is 2.82. The van der Waals surface area contributed by atoms with E-state index in [-0.39, 0.29) is 17.5 Å². The molecule has 0 fully saturated rings. The van der Waals surface area contributed by atoms with Gasteiger partial charge in [-0.2, -0.15) is 0 Å². The number of rotatable bonds is 5. The Morgan fingerprint density at radius 2 is 2.27 bits per heavy atom. The Morgan fingerprint density at radius 3 is 2.80 bits per heavy atom. The van der Waals surface area contributed by atoms with Crippen LogP contribution in [-0.2, 0) is 0 Å². The van der Waals surface area contributed by atoms with Crippen LogP contribution in [0.4, 0.5) is 4.39 Å². The molecular formula is C12H16FNO. The first-order valence-corrected chi connectivity index (χ1v) is 5.13. The highest BCUT2D eigenvalue weighted by molar-refractivity contribution is 5.97. The fourth-order valence-corrected chi connectivity index (χ4v) is 1.55. The van der Waals surface area contributed by atoms with Gasteiger partial charge in [0.05, 0.1) is 0 Å². The molecular weight excluding hydrogens is 193 g/mol. The minimum Gasteiger partial charge on any atom is -0.319 e. The molecule has 0 aromatic heterocycles. The van der Waals surface area contributed by atoms with E-state index in [1.54, 1.807) is 12.1 Å². The number of hydrogen-bond acceptors (Lipinski definition) is 2. The Hall–Kier alpha value is -1.22. The fourth-order valence-electron chi connectivity index (χ4n) is 1.55. The third-order valence-corrected chi connectivity index (χ3v) is 2.42. The SMILES string of the molecule is CCC(CNC)C(=O)c1cccc(F)c1. The molecule has 1 atom stereocenters. The number of Topliss-reactive ketones (excluding diaryl/α,β-unsaturated/α-hetero) is 1. The van der Waals surface area contributed by atoms with Gasteiger partial charge in [-0.05, 0) is 25.6 Å². The average molecular weight is 209 g/mol. The highest BCUT2D eigenvalue weighted by Gasteiger charge is 2.17. The largest absolute Gasteiger partial charge is 0.319 e. The summed E-state index contributed by atoms with van der Waals surface area (Å²) in [7, 11) is 1.81. The van der Waals surface area contributed by atoms with Gasteiger partial charge in [0.25, 0.3) is 0 Å². The van der Waals surface area contributed by atoms with Crippen molar-refractivity contribution in [3.8, 4) is 0 Å². The van der Waals surface area contributed by atoms with Crippen LogP contribution in [0, 0.1) is 11.7 Å². The van der Waals surface area contributed by atoms with E-state index in [2.05, 4.69) is 5.32 Å². The maximum atomic E-state index is 12.9. The highest BCUT2D eigenvalue weighted by atomic mass is 19.1. The van der Waals surface area contributed by atoms with Gasteiger partial charge in [-0.1, -0.05) is 19.1 Å². The number of halogens is 1. The average Bonchev–Trinajstić information content (AvgIpc) is 2.25. The number of hydrogen-bond donors (Lipinski definition) is 1. The minimum absolute atomic E-state index is 0.00588. The quantitative estimate of drug-likeness (QED) is 0.754. The molecule has 0 aliphatic heterocycles. The van der Waals surface area contributed by atoms with Crippen molar-refractivity contribution in [3.05, 3.63) is 35.6 Å². The highest BCUT2D eigenvalue weighted by Crippen LogP contribution is 2.12. The lowest BCUT2D eigenvalue weighted by Gasteiger charge is -2.12. The van der Waals surface area contributed by atoms with Crippen molar-refractivity contribution in [2.24, 2.45) is 5.92 Å². The molecule has 3 heteroatoms. The molecule has 1 rings (SSSR count).